The van der Waals surface area contributed by atoms with E-state index in [4.69, 9.17) is 0 Å². The van der Waals surface area contributed by atoms with Crippen LogP contribution in [0.3, 0.4) is 0 Å². The van der Waals surface area contributed by atoms with Crippen molar-refractivity contribution in [3.05, 3.63) is 36.2 Å². The first-order chi connectivity index (χ1) is 8.20. The Kier molecular flexibility index (Phi) is 3.37. The number of aldehydes is 1. The third-order valence-electron chi connectivity index (χ3n) is 2.53. The summed E-state index contributed by atoms with van der Waals surface area (Å²) in [5, 5.41) is 4.20. The van der Waals surface area contributed by atoms with Crippen molar-refractivity contribution in [2.24, 2.45) is 5.92 Å². The number of rotatable bonds is 5. The topological polar surface area (TPSA) is 52.7 Å². The van der Waals surface area contributed by atoms with Crippen LogP contribution < -0.4 is 0 Å². The molecule has 5 nitrogen and oxygen atoms in total. The summed E-state index contributed by atoms with van der Waals surface area (Å²) in [6.45, 7) is 5.69. The van der Waals surface area contributed by atoms with Gasteiger partial charge in [0.05, 0.1) is 12.2 Å². The molecule has 2 aromatic rings. The molecule has 0 saturated heterocycles. The van der Waals surface area contributed by atoms with Crippen molar-refractivity contribution in [1.82, 2.24) is 19.3 Å². The molecule has 0 aliphatic rings. The summed E-state index contributed by atoms with van der Waals surface area (Å²) in [5.41, 5.74) is 0.657. The summed E-state index contributed by atoms with van der Waals surface area (Å²) in [6, 6.07) is 3.64. The van der Waals surface area contributed by atoms with Crippen LogP contribution in [0.25, 0.3) is 0 Å². The molecule has 0 N–H and O–H groups in total. The highest BCUT2D eigenvalue weighted by atomic mass is 16.1. The fourth-order valence-electron chi connectivity index (χ4n) is 1.74. The molecule has 0 spiro atoms. The molecule has 2 aromatic heterocycles. The molecule has 2 heterocycles. The summed E-state index contributed by atoms with van der Waals surface area (Å²) in [5.74, 6) is 1.39. The van der Waals surface area contributed by atoms with Gasteiger partial charge in [-0.05, 0) is 18.1 Å². The summed E-state index contributed by atoms with van der Waals surface area (Å²) >= 11 is 0. The Bertz CT molecular complexity index is 498. The molecule has 2 rings (SSSR count). The smallest absolute Gasteiger partial charge is 0.166 e. The second-order valence-corrected chi connectivity index (χ2v) is 4.43. The van der Waals surface area contributed by atoms with Crippen molar-refractivity contribution in [2.45, 2.75) is 26.9 Å². The van der Waals surface area contributed by atoms with Crippen molar-refractivity contribution in [3.8, 4) is 0 Å². The van der Waals surface area contributed by atoms with Crippen LogP contribution in [0.15, 0.2) is 24.7 Å². The number of aromatic nitrogens is 4. The Labute approximate surface area is 100 Å². The molecule has 0 bridgehead atoms. The van der Waals surface area contributed by atoms with Crippen molar-refractivity contribution >= 4 is 6.29 Å². The molecule has 5 heteroatoms. The fourth-order valence-corrected chi connectivity index (χ4v) is 1.74. The van der Waals surface area contributed by atoms with E-state index in [-0.39, 0.29) is 0 Å². The Hall–Kier alpha value is -1.91. The molecule has 0 fully saturated rings. The Morgan fingerprint density at radius 2 is 2.29 bits per heavy atom. The Morgan fingerprint density at radius 3 is 3.00 bits per heavy atom. The first-order valence-corrected chi connectivity index (χ1v) is 5.67. The molecule has 0 aromatic carbocycles. The Morgan fingerprint density at radius 1 is 1.47 bits per heavy atom. The van der Waals surface area contributed by atoms with E-state index in [2.05, 4.69) is 23.9 Å². The first-order valence-electron chi connectivity index (χ1n) is 5.67. The van der Waals surface area contributed by atoms with Gasteiger partial charge in [0.2, 0.25) is 0 Å². The number of hydrogen-bond acceptors (Lipinski definition) is 3. The van der Waals surface area contributed by atoms with Gasteiger partial charge in [-0.1, -0.05) is 13.8 Å². The second kappa shape index (κ2) is 4.95. The van der Waals surface area contributed by atoms with Gasteiger partial charge in [0.15, 0.2) is 6.29 Å². The molecule has 0 aliphatic heterocycles. The SMILES string of the molecule is CC(C)Cn1ncnc1Cn1cccc1C=O. The number of nitrogens with zero attached hydrogens (tertiary/aromatic N) is 4. The van der Waals surface area contributed by atoms with E-state index in [0.717, 1.165) is 18.7 Å². The van der Waals surface area contributed by atoms with E-state index >= 15 is 0 Å². The minimum Gasteiger partial charge on any atom is -0.338 e. The highest BCUT2D eigenvalue weighted by molar-refractivity contribution is 5.72. The molecule has 0 unspecified atom stereocenters. The second-order valence-electron chi connectivity index (χ2n) is 4.43. The number of carbonyl (C=O) groups is 1. The van der Waals surface area contributed by atoms with E-state index in [1.54, 1.807) is 12.4 Å². The zero-order valence-electron chi connectivity index (χ0n) is 10.1. The lowest BCUT2D eigenvalue weighted by Crippen LogP contribution is -2.13. The van der Waals surface area contributed by atoms with Crippen molar-refractivity contribution in [2.75, 3.05) is 0 Å². The lowest BCUT2D eigenvalue weighted by molar-refractivity contribution is 0.111. The maximum atomic E-state index is 10.8. The molecule has 0 atom stereocenters. The van der Waals surface area contributed by atoms with Gasteiger partial charge in [0.1, 0.15) is 12.2 Å². The van der Waals surface area contributed by atoms with Crippen molar-refractivity contribution in [3.63, 3.8) is 0 Å². The largest absolute Gasteiger partial charge is 0.338 e. The predicted molar refractivity (Wildman–Crippen MR) is 63.8 cm³/mol. The number of hydrogen-bond donors (Lipinski definition) is 0. The number of carbonyl (C=O) groups excluding carboxylic acids is 1. The standard InChI is InChI=1S/C12H16N4O/c1-10(2)6-16-12(13-9-14-16)7-15-5-3-4-11(15)8-17/h3-5,8-10H,6-7H2,1-2H3. The van der Waals surface area contributed by atoms with Crippen LogP contribution in [-0.2, 0) is 13.1 Å². The van der Waals surface area contributed by atoms with E-state index < -0.39 is 0 Å². The van der Waals surface area contributed by atoms with E-state index in [1.807, 2.05) is 21.5 Å². The van der Waals surface area contributed by atoms with Gasteiger partial charge in [-0.25, -0.2) is 9.67 Å². The maximum Gasteiger partial charge on any atom is 0.166 e. The fraction of sp³-hybridized carbons (Fsp3) is 0.417. The molecular formula is C12H16N4O. The van der Waals surface area contributed by atoms with Gasteiger partial charge in [-0.3, -0.25) is 4.79 Å². The molecule has 0 aliphatic carbocycles. The van der Waals surface area contributed by atoms with E-state index in [9.17, 15) is 4.79 Å². The lowest BCUT2D eigenvalue weighted by Gasteiger charge is -2.09. The van der Waals surface area contributed by atoms with Gasteiger partial charge in [0, 0.05) is 12.7 Å². The molecular weight excluding hydrogens is 216 g/mol. The monoisotopic (exact) mass is 232 g/mol. The van der Waals surface area contributed by atoms with Crippen LogP contribution >= 0.6 is 0 Å². The maximum absolute atomic E-state index is 10.8. The zero-order chi connectivity index (χ0) is 12.3. The van der Waals surface area contributed by atoms with Gasteiger partial charge in [-0.2, -0.15) is 5.10 Å². The Balaban J connectivity index is 2.18. The van der Waals surface area contributed by atoms with Gasteiger partial charge < -0.3 is 4.57 Å². The summed E-state index contributed by atoms with van der Waals surface area (Å²) in [4.78, 5) is 15.1. The minimum absolute atomic E-state index is 0.519. The van der Waals surface area contributed by atoms with Crippen molar-refractivity contribution < 1.29 is 4.79 Å². The summed E-state index contributed by atoms with van der Waals surface area (Å²) in [7, 11) is 0. The molecule has 90 valence electrons. The van der Waals surface area contributed by atoms with Crippen molar-refractivity contribution in [1.29, 1.82) is 0 Å². The van der Waals surface area contributed by atoms with Crippen LogP contribution in [0.2, 0.25) is 0 Å². The van der Waals surface area contributed by atoms with Crippen LogP contribution in [0.5, 0.6) is 0 Å². The molecule has 0 amide bonds. The van der Waals surface area contributed by atoms with Gasteiger partial charge in [-0.15, -0.1) is 0 Å². The van der Waals surface area contributed by atoms with E-state index in [1.165, 1.54) is 0 Å². The highest BCUT2D eigenvalue weighted by Gasteiger charge is 2.08. The predicted octanol–water partition coefficient (Wildman–Crippen LogP) is 1.60. The summed E-state index contributed by atoms with van der Waals surface area (Å²) in [6.07, 6.45) is 4.28. The molecule has 0 saturated carbocycles. The van der Waals surface area contributed by atoms with Crippen LogP contribution in [0.1, 0.15) is 30.2 Å². The summed E-state index contributed by atoms with van der Waals surface area (Å²) < 4.78 is 3.76. The molecule has 17 heavy (non-hydrogen) atoms. The van der Waals surface area contributed by atoms with Crippen LogP contribution in [-0.4, -0.2) is 25.6 Å². The van der Waals surface area contributed by atoms with Gasteiger partial charge in [0.25, 0.3) is 0 Å². The average molecular weight is 232 g/mol. The lowest BCUT2D eigenvalue weighted by atomic mass is 10.2. The van der Waals surface area contributed by atoms with Crippen LogP contribution in [0.4, 0.5) is 0 Å². The zero-order valence-corrected chi connectivity index (χ0v) is 10.1. The molecule has 0 radical (unpaired) electrons. The van der Waals surface area contributed by atoms with Gasteiger partial charge >= 0.3 is 0 Å². The van der Waals surface area contributed by atoms with E-state index in [0.29, 0.717) is 18.2 Å². The minimum atomic E-state index is 0.519. The normalized spacial score (nSPS) is 11.0. The first kappa shape index (κ1) is 11.6. The highest BCUT2D eigenvalue weighted by Crippen LogP contribution is 2.06. The third kappa shape index (κ3) is 2.61. The third-order valence-corrected chi connectivity index (χ3v) is 2.53. The quantitative estimate of drug-likeness (QED) is 0.736. The van der Waals surface area contributed by atoms with Crippen LogP contribution in [0, 0.1) is 5.92 Å². The average Bonchev–Trinajstić information content (AvgIpc) is 2.88.